The van der Waals surface area contributed by atoms with Gasteiger partial charge >= 0.3 is 6.03 Å². The highest BCUT2D eigenvalue weighted by Gasteiger charge is 2.30. The minimum atomic E-state index is -2.94. The summed E-state index contributed by atoms with van der Waals surface area (Å²) in [5, 5.41) is 2.86. The Hall–Kier alpha value is -0.820. The van der Waals surface area contributed by atoms with Gasteiger partial charge in [0, 0.05) is 32.2 Å². The Balaban J connectivity index is 1.71. The number of nitrogens with zero attached hydrogens (tertiary/aromatic N) is 2. The Morgan fingerprint density at radius 2 is 1.90 bits per heavy atom. The Morgan fingerprint density at radius 1 is 1.24 bits per heavy atom. The summed E-state index contributed by atoms with van der Waals surface area (Å²) < 4.78 is 22.8. The van der Waals surface area contributed by atoms with Gasteiger partial charge in [-0.1, -0.05) is 13.8 Å². The van der Waals surface area contributed by atoms with E-state index in [1.54, 1.807) is 4.90 Å². The van der Waals surface area contributed by atoms with Gasteiger partial charge in [-0.05, 0) is 25.3 Å². The number of amides is 2. The number of hydrogen-bond acceptors (Lipinski definition) is 4. The fourth-order valence-electron chi connectivity index (χ4n) is 2.79. The smallest absolute Gasteiger partial charge is 0.317 e. The molecule has 2 aliphatic heterocycles. The largest absolute Gasteiger partial charge is 0.334 e. The molecule has 0 aromatic heterocycles. The van der Waals surface area contributed by atoms with E-state index < -0.39 is 9.84 Å². The molecule has 21 heavy (non-hydrogen) atoms. The Labute approximate surface area is 127 Å². The molecule has 2 saturated heterocycles. The highest BCUT2D eigenvalue weighted by molar-refractivity contribution is 7.91. The van der Waals surface area contributed by atoms with Crippen molar-refractivity contribution in [1.82, 2.24) is 15.1 Å². The average Bonchev–Trinajstić information content (AvgIpc) is 2.76. The molecule has 1 atom stereocenters. The molecule has 6 nitrogen and oxygen atoms in total. The number of carbonyl (C=O) groups excluding carboxylic acids is 1. The van der Waals surface area contributed by atoms with Crippen LogP contribution in [-0.4, -0.2) is 74.5 Å². The number of piperazine rings is 1. The third-order valence-corrected chi connectivity index (χ3v) is 6.01. The first-order valence-corrected chi connectivity index (χ1v) is 9.66. The van der Waals surface area contributed by atoms with Crippen LogP contribution in [0, 0.1) is 5.92 Å². The van der Waals surface area contributed by atoms with Crippen LogP contribution in [0.4, 0.5) is 4.79 Å². The van der Waals surface area contributed by atoms with Crippen LogP contribution in [0.1, 0.15) is 26.7 Å². The summed E-state index contributed by atoms with van der Waals surface area (Å²) >= 11 is 0. The van der Waals surface area contributed by atoms with Crippen molar-refractivity contribution < 1.29 is 13.2 Å². The van der Waals surface area contributed by atoms with E-state index in [0.717, 1.165) is 32.7 Å². The SMILES string of the molecule is CC(C)CCN1CCN(C(=O)NC2CCS(=O)(=O)C2)CC1. The molecular weight excluding hydrogens is 290 g/mol. The molecule has 0 aromatic carbocycles. The number of urea groups is 1. The molecule has 0 radical (unpaired) electrons. The van der Waals surface area contributed by atoms with Crippen molar-refractivity contribution in [3.63, 3.8) is 0 Å². The van der Waals surface area contributed by atoms with E-state index in [-0.39, 0.29) is 23.6 Å². The monoisotopic (exact) mass is 317 g/mol. The second kappa shape index (κ2) is 6.96. The van der Waals surface area contributed by atoms with Crippen LogP contribution >= 0.6 is 0 Å². The van der Waals surface area contributed by atoms with Crippen molar-refractivity contribution in [1.29, 1.82) is 0 Å². The van der Waals surface area contributed by atoms with Crippen LogP contribution in [-0.2, 0) is 9.84 Å². The van der Waals surface area contributed by atoms with Crippen molar-refractivity contribution >= 4 is 15.9 Å². The van der Waals surface area contributed by atoms with Crippen LogP contribution in [0.3, 0.4) is 0 Å². The summed E-state index contributed by atoms with van der Waals surface area (Å²) in [7, 11) is -2.94. The molecular formula is C14H27N3O3S. The zero-order chi connectivity index (χ0) is 15.5. The molecule has 0 saturated carbocycles. The summed E-state index contributed by atoms with van der Waals surface area (Å²) in [6.45, 7) is 8.80. The third-order valence-electron chi connectivity index (χ3n) is 4.24. The van der Waals surface area contributed by atoms with E-state index in [2.05, 4.69) is 24.1 Å². The lowest BCUT2D eigenvalue weighted by molar-refractivity contribution is 0.134. The van der Waals surface area contributed by atoms with Gasteiger partial charge in [-0.15, -0.1) is 0 Å². The summed E-state index contributed by atoms with van der Waals surface area (Å²) in [6, 6.07) is -0.318. The maximum absolute atomic E-state index is 12.1. The summed E-state index contributed by atoms with van der Waals surface area (Å²) in [6.07, 6.45) is 1.73. The predicted molar refractivity (Wildman–Crippen MR) is 83.1 cm³/mol. The first-order chi connectivity index (χ1) is 9.85. The quantitative estimate of drug-likeness (QED) is 0.822. The van der Waals surface area contributed by atoms with E-state index in [1.165, 1.54) is 6.42 Å². The lowest BCUT2D eigenvalue weighted by Gasteiger charge is -2.35. The Morgan fingerprint density at radius 3 is 2.43 bits per heavy atom. The van der Waals surface area contributed by atoms with E-state index in [0.29, 0.717) is 12.3 Å². The molecule has 2 amide bonds. The molecule has 1 unspecified atom stereocenters. The lowest BCUT2D eigenvalue weighted by Crippen LogP contribution is -2.53. The number of nitrogens with one attached hydrogen (secondary N) is 1. The fraction of sp³-hybridized carbons (Fsp3) is 0.929. The molecule has 7 heteroatoms. The molecule has 2 aliphatic rings. The molecule has 1 N–H and O–H groups in total. The molecule has 0 bridgehead atoms. The average molecular weight is 317 g/mol. The van der Waals surface area contributed by atoms with Crippen LogP contribution in [0.15, 0.2) is 0 Å². The van der Waals surface area contributed by atoms with E-state index in [9.17, 15) is 13.2 Å². The fourth-order valence-corrected chi connectivity index (χ4v) is 4.46. The number of carbonyl (C=O) groups is 1. The van der Waals surface area contributed by atoms with Gasteiger partial charge in [0.1, 0.15) is 0 Å². The van der Waals surface area contributed by atoms with Crippen LogP contribution in [0.25, 0.3) is 0 Å². The van der Waals surface area contributed by atoms with Crippen molar-refractivity contribution in [3.8, 4) is 0 Å². The van der Waals surface area contributed by atoms with Gasteiger partial charge in [0.15, 0.2) is 9.84 Å². The summed E-state index contributed by atoms with van der Waals surface area (Å²) in [5.41, 5.74) is 0. The third kappa shape index (κ3) is 5.14. The van der Waals surface area contributed by atoms with Crippen LogP contribution < -0.4 is 5.32 Å². The summed E-state index contributed by atoms with van der Waals surface area (Å²) in [5.74, 6) is 0.990. The lowest BCUT2D eigenvalue weighted by atomic mass is 10.1. The van der Waals surface area contributed by atoms with E-state index in [1.807, 2.05) is 0 Å². The molecule has 0 aromatic rings. The molecule has 0 aliphatic carbocycles. The predicted octanol–water partition coefficient (Wildman–Crippen LogP) is 0.547. The van der Waals surface area contributed by atoms with Gasteiger partial charge in [-0.2, -0.15) is 0 Å². The molecule has 2 fully saturated rings. The molecule has 2 heterocycles. The van der Waals surface area contributed by atoms with Crippen molar-refractivity contribution in [2.24, 2.45) is 5.92 Å². The maximum atomic E-state index is 12.1. The number of sulfone groups is 1. The van der Waals surface area contributed by atoms with Gasteiger partial charge < -0.3 is 10.2 Å². The zero-order valence-corrected chi connectivity index (χ0v) is 13.9. The standard InChI is InChI=1S/C14H27N3O3S/c1-12(2)3-5-16-6-8-17(9-7-16)14(18)15-13-4-10-21(19,20)11-13/h12-13H,3-11H2,1-2H3,(H,15,18). The highest BCUT2D eigenvalue weighted by Crippen LogP contribution is 2.12. The maximum Gasteiger partial charge on any atom is 0.317 e. The number of hydrogen-bond donors (Lipinski definition) is 1. The van der Waals surface area contributed by atoms with Crippen LogP contribution in [0.5, 0.6) is 0 Å². The Kier molecular flexibility index (Phi) is 5.48. The first-order valence-electron chi connectivity index (χ1n) is 7.84. The topological polar surface area (TPSA) is 69.7 Å². The first kappa shape index (κ1) is 16.5. The van der Waals surface area contributed by atoms with E-state index in [4.69, 9.17) is 0 Å². The van der Waals surface area contributed by atoms with Gasteiger partial charge in [0.05, 0.1) is 11.5 Å². The summed E-state index contributed by atoms with van der Waals surface area (Å²) in [4.78, 5) is 16.3. The zero-order valence-electron chi connectivity index (χ0n) is 13.0. The number of rotatable bonds is 4. The van der Waals surface area contributed by atoms with Crippen molar-refractivity contribution in [2.75, 3.05) is 44.2 Å². The van der Waals surface area contributed by atoms with Gasteiger partial charge in [-0.3, -0.25) is 4.90 Å². The second-order valence-corrected chi connectivity index (χ2v) is 8.79. The van der Waals surface area contributed by atoms with E-state index >= 15 is 0 Å². The van der Waals surface area contributed by atoms with Gasteiger partial charge in [-0.25, -0.2) is 13.2 Å². The minimum absolute atomic E-state index is 0.0904. The molecule has 122 valence electrons. The molecule has 0 spiro atoms. The second-order valence-electron chi connectivity index (χ2n) is 6.56. The van der Waals surface area contributed by atoms with Crippen molar-refractivity contribution in [2.45, 2.75) is 32.7 Å². The van der Waals surface area contributed by atoms with Crippen LogP contribution in [0.2, 0.25) is 0 Å². The minimum Gasteiger partial charge on any atom is -0.334 e. The highest BCUT2D eigenvalue weighted by atomic mass is 32.2. The Bertz CT molecular complexity index is 456. The van der Waals surface area contributed by atoms with Gasteiger partial charge in [0.2, 0.25) is 0 Å². The normalized spacial score (nSPS) is 26.2. The van der Waals surface area contributed by atoms with Gasteiger partial charge in [0.25, 0.3) is 0 Å². The van der Waals surface area contributed by atoms with Crippen molar-refractivity contribution in [3.05, 3.63) is 0 Å². The molecule has 2 rings (SSSR count).